The van der Waals surface area contributed by atoms with Gasteiger partial charge in [0.1, 0.15) is 11.1 Å². The fourth-order valence-corrected chi connectivity index (χ4v) is 4.93. The summed E-state index contributed by atoms with van der Waals surface area (Å²) in [6.07, 6.45) is 3.18. The molecule has 4 nitrogen and oxygen atoms in total. The van der Waals surface area contributed by atoms with Gasteiger partial charge in [-0.3, -0.25) is 0 Å². The molecule has 0 saturated carbocycles. The van der Waals surface area contributed by atoms with Crippen LogP contribution in [0.4, 0.5) is 0 Å². The van der Waals surface area contributed by atoms with Crippen LogP contribution in [0.25, 0.3) is 54.7 Å². The quantitative estimate of drug-likeness (QED) is 0.173. The maximum absolute atomic E-state index is 7.23. The number of fused-ring (bicyclic) bond motifs is 5. The Bertz CT molecular complexity index is 1900. The number of hydrogen-bond acceptors (Lipinski definition) is 5. The third-order valence-electron chi connectivity index (χ3n) is 5.73. The standard InChI is InChI=1S/C19H11N2OS.C12H10N.Ir/c1-11-21-17-16(23-11)9-8-13-12-5-4-6-14(18(12)22-19(13)17)15-7-2-3-10-20-15;1-10-7-8-12(13-9-10)11-5-3-2-4-6-11;/h2-5,7-10H,1H3;2-5,7-9H,1H3;/q2*-1;/i;1D3;. The molecule has 0 aliphatic heterocycles. The van der Waals surface area contributed by atoms with Gasteiger partial charge in [0.25, 0.3) is 0 Å². The van der Waals surface area contributed by atoms with Gasteiger partial charge in [-0.2, -0.15) is 0 Å². The molecule has 3 aromatic carbocycles. The molecule has 0 spiro atoms. The molecular weight excluding hydrogens is 655 g/mol. The predicted octanol–water partition coefficient (Wildman–Crippen LogP) is 8.22. The van der Waals surface area contributed by atoms with Crippen molar-refractivity contribution in [2.45, 2.75) is 13.8 Å². The summed E-state index contributed by atoms with van der Waals surface area (Å²) in [6, 6.07) is 31.1. The van der Waals surface area contributed by atoms with Crippen molar-refractivity contribution in [3.05, 3.63) is 114 Å². The molecule has 0 saturated heterocycles. The van der Waals surface area contributed by atoms with Crippen molar-refractivity contribution in [2.24, 2.45) is 0 Å². The predicted molar refractivity (Wildman–Crippen MR) is 147 cm³/mol. The van der Waals surface area contributed by atoms with Gasteiger partial charge in [0.15, 0.2) is 0 Å². The van der Waals surface area contributed by atoms with Gasteiger partial charge in [-0.1, -0.05) is 41.3 Å². The van der Waals surface area contributed by atoms with Gasteiger partial charge in [0, 0.05) is 42.0 Å². The Morgan fingerprint density at radius 2 is 1.73 bits per heavy atom. The van der Waals surface area contributed by atoms with Crippen molar-refractivity contribution in [1.82, 2.24) is 15.0 Å². The molecular formula is C31H21IrN3OS-2. The molecule has 0 aliphatic carbocycles. The zero-order valence-corrected chi connectivity index (χ0v) is 22.9. The summed E-state index contributed by atoms with van der Waals surface area (Å²) in [4.78, 5) is 13.2. The number of benzene rings is 3. The second-order valence-corrected chi connectivity index (χ2v) is 9.38. The first kappa shape index (κ1) is 21.4. The van der Waals surface area contributed by atoms with E-state index >= 15 is 0 Å². The van der Waals surface area contributed by atoms with Gasteiger partial charge >= 0.3 is 0 Å². The van der Waals surface area contributed by atoms with Crippen LogP contribution in [0.3, 0.4) is 0 Å². The van der Waals surface area contributed by atoms with Crippen LogP contribution >= 0.6 is 11.3 Å². The van der Waals surface area contributed by atoms with E-state index in [1.54, 1.807) is 35.7 Å². The molecule has 0 aliphatic rings. The second kappa shape index (κ2) is 10.7. The van der Waals surface area contributed by atoms with E-state index in [1.165, 1.54) is 6.20 Å². The Balaban J connectivity index is 0.000000168. The Morgan fingerprint density at radius 1 is 0.838 bits per heavy atom. The summed E-state index contributed by atoms with van der Waals surface area (Å²) in [5.41, 5.74) is 6.20. The summed E-state index contributed by atoms with van der Waals surface area (Å²) in [5.74, 6) is 0. The zero-order chi connectivity index (χ0) is 27.0. The van der Waals surface area contributed by atoms with Crippen LogP contribution in [-0.4, -0.2) is 15.0 Å². The van der Waals surface area contributed by atoms with E-state index in [9.17, 15) is 0 Å². The zero-order valence-electron chi connectivity index (χ0n) is 22.7. The third-order valence-corrected chi connectivity index (χ3v) is 6.67. The van der Waals surface area contributed by atoms with Gasteiger partial charge in [0.05, 0.1) is 15.3 Å². The van der Waals surface area contributed by atoms with E-state index in [2.05, 4.69) is 39.2 Å². The summed E-state index contributed by atoms with van der Waals surface area (Å²) in [7, 11) is 0. The molecule has 4 heterocycles. The maximum atomic E-state index is 7.23. The summed E-state index contributed by atoms with van der Waals surface area (Å²) in [5, 5.41) is 3.21. The van der Waals surface area contributed by atoms with E-state index < -0.39 is 6.85 Å². The molecule has 1 radical (unpaired) electrons. The number of thiazole rings is 1. The fourth-order valence-electron chi connectivity index (χ4n) is 4.11. The average Bonchev–Trinajstić information content (AvgIpc) is 3.54. The average molecular weight is 679 g/mol. The Labute approximate surface area is 236 Å². The molecule has 183 valence electrons. The van der Waals surface area contributed by atoms with Crippen LogP contribution in [0.15, 0.2) is 95.7 Å². The van der Waals surface area contributed by atoms with Crippen LogP contribution < -0.4 is 0 Å². The van der Waals surface area contributed by atoms with E-state index in [4.69, 9.17) is 8.53 Å². The summed E-state index contributed by atoms with van der Waals surface area (Å²) >= 11 is 1.69. The van der Waals surface area contributed by atoms with Crippen LogP contribution in [0.2, 0.25) is 0 Å². The van der Waals surface area contributed by atoms with Gasteiger partial charge < -0.3 is 14.4 Å². The van der Waals surface area contributed by atoms with Gasteiger partial charge in [-0.15, -0.1) is 65.4 Å². The molecule has 4 aromatic heterocycles. The van der Waals surface area contributed by atoms with Gasteiger partial charge in [-0.25, -0.2) is 4.98 Å². The SMILES string of the molecule is Cc1nc2c(ccc3c4cc[c-]c(-c5ccccn5)c4oc32)s1.[2H]C([2H])([2H])c1ccc(-c2[c-]cccc2)nc1.[Ir]. The third kappa shape index (κ3) is 4.96. The molecule has 7 aromatic rings. The van der Waals surface area contributed by atoms with E-state index in [0.29, 0.717) is 0 Å². The first-order valence-electron chi connectivity index (χ1n) is 12.9. The van der Waals surface area contributed by atoms with Crippen molar-refractivity contribution in [3.63, 3.8) is 0 Å². The first-order valence-corrected chi connectivity index (χ1v) is 12.2. The van der Waals surface area contributed by atoms with E-state index in [0.717, 1.165) is 59.7 Å². The largest absolute Gasteiger partial charge is 0.498 e. The first-order chi connectivity index (χ1) is 18.9. The van der Waals surface area contributed by atoms with Crippen LogP contribution in [0, 0.1) is 25.9 Å². The minimum atomic E-state index is -2.09. The Hall–Kier alpha value is -3.70. The molecule has 0 bridgehead atoms. The monoisotopic (exact) mass is 679 g/mol. The van der Waals surface area contributed by atoms with Crippen molar-refractivity contribution in [3.8, 4) is 22.5 Å². The van der Waals surface area contributed by atoms with E-state index in [-0.39, 0.29) is 25.7 Å². The molecule has 0 fully saturated rings. The molecule has 0 unspecified atom stereocenters. The number of aryl methyl sites for hydroxylation is 2. The maximum Gasteiger partial charge on any atom is 0.148 e. The number of pyridine rings is 2. The number of hydrogen-bond donors (Lipinski definition) is 0. The number of nitrogens with zero attached hydrogens (tertiary/aromatic N) is 3. The minimum Gasteiger partial charge on any atom is -0.498 e. The minimum absolute atomic E-state index is 0. The number of rotatable bonds is 2. The van der Waals surface area contributed by atoms with Crippen LogP contribution in [0.5, 0.6) is 0 Å². The van der Waals surface area contributed by atoms with Crippen LogP contribution in [0.1, 0.15) is 14.7 Å². The Kier molecular flexibility index (Phi) is 6.20. The summed E-state index contributed by atoms with van der Waals surface area (Å²) < 4.78 is 29.1. The molecule has 0 amide bonds. The smallest absolute Gasteiger partial charge is 0.148 e. The molecule has 37 heavy (non-hydrogen) atoms. The van der Waals surface area contributed by atoms with E-state index in [1.807, 2.05) is 55.5 Å². The fraction of sp³-hybridized carbons (Fsp3) is 0.0645. The molecule has 0 atom stereocenters. The number of aromatic nitrogens is 3. The van der Waals surface area contributed by atoms with Crippen molar-refractivity contribution in [1.29, 1.82) is 0 Å². The Morgan fingerprint density at radius 3 is 2.49 bits per heavy atom. The molecule has 6 heteroatoms. The van der Waals surface area contributed by atoms with Crippen molar-refractivity contribution >= 4 is 43.5 Å². The van der Waals surface area contributed by atoms with Crippen molar-refractivity contribution in [2.75, 3.05) is 0 Å². The normalized spacial score (nSPS) is 12.3. The van der Waals surface area contributed by atoms with Crippen LogP contribution in [-0.2, 0) is 20.1 Å². The second-order valence-electron chi connectivity index (χ2n) is 8.14. The molecule has 7 rings (SSSR count). The number of furan rings is 1. The molecule has 0 N–H and O–H groups in total. The summed E-state index contributed by atoms with van der Waals surface area (Å²) in [6.45, 7) is -0.0712. The van der Waals surface area contributed by atoms with Crippen molar-refractivity contribution < 1.29 is 28.6 Å². The van der Waals surface area contributed by atoms with Gasteiger partial charge in [-0.05, 0) is 42.9 Å². The topological polar surface area (TPSA) is 51.8 Å². The van der Waals surface area contributed by atoms with Gasteiger partial charge in [0.2, 0.25) is 0 Å².